The van der Waals surface area contributed by atoms with E-state index in [9.17, 15) is 13.2 Å². The summed E-state index contributed by atoms with van der Waals surface area (Å²) in [4.78, 5) is 15.5. The van der Waals surface area contributed by atoms with E-state index in [0.29, 0.717) is 24.3 Å². The highest BCUT2D eigenvalue weighted by molar-refractivity contribution is 7.89. The van der Waals surface area contributed by atoms with Crippen LogP contribution in [0.25, 0.3) is 0 Å². The summed E-state index contributed by atoms with van der Waals surface area (Å²) in [6.07, 6.45) is 6.11. The van der Waals surface area contributed by atoms with Crippen LogP contribution in [0.2, 0.25) is 0 Å². The number of rotatable bonds is 4. The molecule has 0 unspecified atom stereocenters. The van der Waals surface area contributed by atoms with Crippen LogP contribution in [0.1, 0.15) is 24.3 Å². The Morgan fingerprint density at radius 1 is 1.50 bits per heavy atom. The Hall–Kier alpha value is -1.63. The van der Waals surface area contributed by atoms with E-state index in [1.54, 1.807) is 6.92 Å². The zero-order valence-electron chi connectivity index (χ0n) is 9.92. The van der Waals surface area contributed by atoms with E-state index in [1.165, 1.54) is 6.39 Å². The Labute approximate surface area is 105 Å². The van der Waals surface area contributed by atoms with Gasteiger partial charge in [-0.2, -0.15) is 0 Å². The van der Waals surface area contributed by atoms with Crippen LogP contribution in [-0.4, -0.2) is 19.3 Å². The molecule has 0 spiro atoms. The van der Waals surface area contributed by atoms with Gasteiger partial charge in [-0.05, 0) is 19.8 Å². The SMILES string of the molecule is Cc1ocnc1CS(=O)(=O)NC(=O)C1CC=CC1. The molecule has 1 aliphatic carbocycles. The summed E-state index contributed by atoms with van der Waals surface area (Å²) in [7, 11) is -3.71. The van der Waals surface area contributed by atoms with Crippen molar-refractivity contribution in [3.8, 4) is 0 Å². The predicted octanol–water partition coefficient (Wildman–Crippen LogP) is 0.895. The van der Waals surface area contributed by atoms with Crippen LogP contribution in [0, 0.1) is 12.8 Å². The van der Waals surface area contributed by atoms with Gasteiger partial charge in [-0.1, -0.05) is 12.2 Å². The van der Waals surface area contributed by atoms with Crippen molar-refractivity contribution in [1.29, 1.82) is 0 Å². The van der Waals surface area contributed by atoms with Crippen LogP contribution >= 0.6 is 0 Å². The smallest absolute Gasteiger partial charge is 0.240 e. The van der Waals surface area contributed by atoms with Crippen LogP contribution in [-0.2, 0) is 20.6 Å². The number of carbonyl (C=O) groups is 1. The molecule has 0 radical (unpaired) electrons. The topological polar surface area (TPSA) is 89.3 Å². The molecule has 2 rings (SSSR count). The Morgan fingerprint density at radius 2 is 2.17 bits per heavy atom. The standard InChI is InChI=1S/C11H14N2O4S/c1-8-10(12-7-17-8)6-18(15,16)13-11(14)9-4-2-3-5-9/h2-3,7,9H,4-6H2,1H3,(H,13,14). The number of carbonyl (C=O) groups excluding carboxylic acids is 1. The van der Waals surface area contributed by atoms with Crippen molar-refractivity contribution in [1.82, 2.24) is 9.71 Å². The second kappa shape index (κ2) is 4.93. The zero-order chi connectivity index (χ0) is 13.2. The summed E-state index contributed by atoms with van der Waals surface area (Å²) >= 11 is 0. The van der Waals surface area contributed by atoms with Crippen molar-refractivity contribution < 1.29 is 17.6 Å². The van der Waals surface area contributed by atoms with Gasteiger partial charge in [0.2, 0.25) is 15.9 Å². The van der Waals surface area contributed by atoms with Gasteiger partial charge < -0.3 is 4.42 Å². The summed E-state index contributed by atoms with van der Waals surface area (Å²) in [6, 6.07) is 0. The van der Waals surface area contributed by atoms with E-state index >= 15 is 0 Å². The number of hydrogen-bond donors (Lipinski definition) is 1. The van der Waals surface area contributed by atoms with Gasteiger partial charge in [0, 0.05) is 5.92 Å². The van der Waals surface area contributed by atoms with Crippen LogP contribution in [0.3, 0.4) is 0 Å². The van der Waals surface area contributed by atoms with Crippen molar-refractivity contribution in [3.63, 3.8) is 0 Å². The van der Waals surface area contributed by atoms with Crippen molar-refractivity contribution in [2.24, 2.45) is 5.92 Å². The molecule has 0 fully saturated rings. The first-order valence-corrected chi connectivity index (χ1v) is 7.21. The number of aryl methyl sites for hydroxylation is 1. The summed E-state index contributed by atoms with van der Waals surface area (Å²) < 4.78 is 30.6. The van der Waals surface area contributed by atoms with Crippen molar-refractivity contribution in [2.75, 3.05) is 0 Å². The van der Waals surface area contributed by atoms with E-state index in [1.807, 2.05) is 12.2 Å². The molecule has 18 heavy (non-hydrogen) atoms. The fourth-order valence-corrected chi connectivity index (χ4v) is 2.93. The number of sulfonamides is 1. The summed E-state index contributed by atoms with van der Waals surface area (Å²) in [5.41, 5.74) is 0.319. The summed E-state index contributed by atoms with van der Waals surface area (Å²) in [5, 5.41) is 0. The maximum atomic E-state index is 11.8. The van der Waals surface area contributed by atoms with Crippen LogP contribution in [0.5, 0.6) is 0 Å². The summed E-state index contributed by atoms with van der Waals surface area (Å²) in [5.74, 6) is -0.643. The first-order chi connectivity index (χ1) is 8.48. The highest BCUT2D eigenvalue weighted by Gasteiger charge is 2.25. The quantitative estimate of drug-likeness (QED) is 0.821. The molecule has 0 atom stereocenters. The Kier molecular flexibility index (Phi) is 3.51. The van der Waals surface area contributed by atoms with Gasteiger partial charge in [0.25, 0.3) is 0 Å². The molecule has 7 heteroatoms. The maximum Gasteiger partial charge on any atom is 0.240 e. The molecule has 0 aliphatic heterocycles. The third-order valence-corrected chi connectivity index (χ3v) is 3.97. The van der Waals surface area contributed by atoms with Gasteiger partial charge in [0.1, 0.15) is 11.5 Å². The molecule has 1 aromatic heterocycles. The van der Waals surface area contributed by atoms with E-state index in [4.69, 9.17) is 4.42 Å². The van der Waals surface area contributed by atoms with E-state index in [2.05, 4.69) is 9.71 Å². The van der Waals surface area contributed by atoms with Crippen molar-refractivity contribution in [3.05, 3.63) is 30.0 Å². The number of aromatic nitrogens is 1. The molecule has 1 N–H and O–H groups in total. The third-order valence-electron chi connectivity index (χ3n) is 2.81. The fourth-order valence-electron chi connectivity index (χ4n) is 1.75. The molecular formula is C11H14N2O4S. The zero-order valence-corrected chi connectivity index (χ0v) is 10.7. The largest absolute Gasteiger partial charge is 0.448 e. The highest BCUT2D eigenvalue weighted by Crippen LogP contribution is 2.18. The van der Waals surface area contributed by atoms with Gasteiger partial charge in [0.15, 0.2) is 6.39 Å². The van der Waals surface area contributed by atoms with Crippen LogP contribution < -0.4 is 4.72 Å². The minimum Gasteiger partial charge on any atom is -0.448 e. The van der Waals surface area contributed by atoms with Crippen molar-refractivity contribution >= 4 is 15.9 Å². The molecule has 1 aromatic rings. The lowest BCUT2D eigenvalue weighted by atomic mass is 10.1. The molecule has 0 saturated heterocycles. The maximum absolute atomic E-state index is 11.8. The predicted molar refractivity (Wildman–Crippen MR) is 63.9 cm³/mol. The van der Waals surface area contributed by atoms with Crippen LogP contribution in [0.4, 0.5) is 0 Å². The number of oxazole rings is 1. The average Bonchev–Trinajstić information content (AvgIpc) is 2.89. The molecule has 0 aromatic carbocycles. The first-order valence-electron chi connectivity index (χ1n) is 5.56. The lowest BCUT2D eigenvalue weighted by Gasteiger charge is -2.10. The molecular weight excluding hydrogens is 256 g/mol. The first kappa shape index (κ1) is 12.8. The molecule has 1 amide bonds. The minimum atomic E-state index is -3.71. The third kappa shape index (κ3) is 2.98. The Morgan fingerprint density at radius 3 is 2.72 bits per heavy atom. The van der Waals surface area contributed by atoms with Crippen LogP contribution in [0.15, 0.2) is 23.0 Å². The molecule has 1 heterocycles. The molecule has 0 bridgehead atoms. The number of allylic oxidation sites excluding steroid dienone is 2. The lowest BCUT2D eigenvalue weighted by Crippen LogP contribution is -2.35. The van der Waals surface area contributed by atoms with Gasteiger partial charge in [-0.3, -0.25) is 9.52 Å². The monoisotopic (exact) mass is 270 g/mol. The number of nitrogens with one attached hydrogen (secondary N) is 1. The van der Waals surface area contributed by atoms with E-state index in [0.717, 1.165) is 0 Å². The number of hydrogen-bond acceptors (Lipinski definition) is 5. The van der Waals surface area contributed by atoms with E-state index < -0.39 is 15.9 Å². The second-order valence-electron chi connectivity index (χ2n) is 4.22. The van der Waals surface area contributed by atoms with Gasteiger partial charge >= 0.3 is 0 Å². The second-order valence-corrected chi connectivity index (χ2v) is 5.94. The normalized spacial score (nSPS) is 16.1. The van der Waals surface area contributed by atoms with Gasteiger partial charge in [0.05, 0.1) is 5.69 Å². The van der Waals surface area contributed by atoms with Crippen molar-refractivity contribution in [2.45, 2.75) is 25.5 Å². The van der Waals surface area contributed by atoms with E-state index in [-0.39, 0.29) is 11.7 Å². The fraction of sp³-hybridized carbons (Fsp3) is 0.455. The molecule has 1 aliphatic rings. The molecule has 0 saturated carbocycles. The minimum absolute atomic E-state index is 0.279. The Bertz CT molecular complexity index is 566. The number of nitrogens with zero attached hydrogens (tertiary/aromatic N) is 1. The van der Waals surface area contributed by atoms with Gasteiger partial charge in [-0.25, -0.2) is 13.4 Å². The highest BCUT2D eigenvalue weighted by atomic mass is 32.2. The Balaban J connectivity index is 1.99. The molecule has 98 valence electrons. The lowest BCUT2D eigenvalue weighted by molar-refractivity contribution is -0.122. The average molecular weight is 270 g/mol. The molecule has 6 nitrogen and oxygen atoms in total. The summed E-state index contributed by atoms with van der Waals surface area (Å²) in [6.45, 7) is 1.63. The number of amides is 1. The van der Waals surface area contributed by atoms with Gasteiger partial charge in [-0.15, -0.1) is 0 Å².